The van der Waals surface area contributed by atoms with Crippen molar-refractivity contribution in [3.8, 4) is 0 Å². The summed E-state index contributed by atoms with van der Waals surface area (Å²) in [5.74, 6) is 1.19. The molecule has 1 aromatic heterocycles. The zero-order valence-electron chi connectivity index (χ0n) is 14.4. The summed E-state index contributed by atoms with van der Waals surface area (Å²) in [7, 11) is 0. The number of hydrogen-bond acceptors (Lipinski definition) is 3. The molecule has 1 atom stereocenters. The second-order valence-corrected chi connectivity index (χ2v) is 7.08. The van der Waals surface area contributed by atoms with Crippen molar-refractivity contribution in [3.63, 3.8) is 0 Å². The van der Waals surface area contributed by atoms with Crippen molar-refractivity contribution in [2.24, 2.45) is 0 Å². The second-order valence-electron chi connectivity index (χ2n) is 6.16. The number of rotatable bonds is 3. The molecule has 26 heavy (non-hydrogen) atoms. The maximum atomic E-state index is 13.2. The summed E-state index contributed by atoms with van der Waals surface area (Å²) in [4.78, 5) is 8.84. The van der Waals surface area contributed by atoms with Gasteiger partial charge in [-0.2, -0.15) is 13.2 Å². The highest BCUT2D eigenvalue weighted by atomic mass is 79.9. The summed E-state index contributed by atoms with van der Waals surface area (Å²) in [6.45, 7) is 5.10. The van der Waals surface area contributed by atoms with Crippen LogP contribution in [0.1, 0.15) is 35.5 Å². The Hall–Kier alpha value is -2.15. The number of fused-ring (bicyclic) bond motifs is 1. The Morgan fingerprint density at radius 1 is 1.08 bits per heavy atom. The molecule has 3 aromatic rings. The van der Waals surface area contributed by atoms with Crippen LogP contribution in [-0.4, -0.2) is 9.97 Å². The van der Waals surface area contributed by atoms with E-state index in [2.05, 4.69) is 31.2 Å². The van der Waals surface area contributed by atoms with Crippen LogP contribution in [0.25, 0.3) is 10.9 Å². The first-order valence-electron chi connectivity index (χ1n) is 8.04. The number of halogens is 4. The minimum Gasteiger partial charge on any atom is -0.363 e. The van der Waals surface area contributed by atoms with Crippen molar-refractivity contribution in [1.82, 2.24) is 9.97 Å². The summed E-state index contributed by atoms with van der Waals surface area (Å²) in [5.41, 5.74) is 0.960. The number of aryl methyl sites for hydroxylation is 1. The lowest BCUT2D eigenvalue weighted by Gasteiger charge is -2.21. The van der Waals surface area contributed by atoms with E-state index in [1.54, 1.807) is 13.0 Å². The molecule has 0 aliphatic carbocycles. The van der Waals surface area contributed by atoms with Crippen LogP contribution in [-0.2, 0) is 6.18 Å². The normalized spacial score (nSPS) is 13.0. The van der Waals surface area contributed by atoms with Crippen molar-refractivity contribution in [2.45, 2.75) is 33.0 Å². The zero-order chi connectivity index (χ0) is 19.1. The van der Waals surface area contributed by atoms with Gasteiger partial charge in [0.25, 0.3) is 0 Å². The van der Waals surface area contributed by atoms with Gasteiger partial charge in [0, 0.05) is 9.86 Å². The van der Waals surface area contributed by atoms with Crippen molar-refractivity contribution >= 4 is 32.7 Å². The van der Waals surface area contributed by atoms with Gasteiger partial charge in [0.2, 0.25) is 0 Å². The predicted molar refractivity (Wildman–Crippen MR) is 100 cm³/mol. The molecule has 0 saturated carbocycles. The van der Waals surface area contributed by atoms with Crippen LogP contribution in [0.15, 0.2) is 40.9 Å². The molecule has 3 nitrogen and oxygen atoms in total. The van der Waals surface area contributed by atoms with E-state index in [1.807, 2.05) is 25.1 Å². The van der Waals surface area contributed by atoms with Crippen LogP contribution in [0.3, 0.4) is 0 Å². The third-order valence-electron chi connectivity index (χ3n) is 4.27. The molecule has 1 N–H and O–H groups in total. The van der Waals surface area contributed by atoms with Crippen LogP contribution in [0, 0.1) is 13.8 Å². The van der Waals surface area contributed by atoms with E-state index in [9.17, 15) is 13.2 Å². The first-order chi connectivity index (χ1) is 12.2. The zero-order valence-corrected chi connectivity index (χ0v) is 16.0. The molecule has 0 saturated heterocycles. The monoisotopic (exact) mass is 423 g/mol. The van der Waals surface area contributed by atoms with Gasteiger partial charge < -0.3 is 5.32 Å². The third-order valence-corrected chi connectivity index (χ3v) is 4.76. The number of alkyl halides is 3. The lowest BCUT2D eigenvalue weighted by Crippen LogP contribution is -2.14. The van der Waals surface area contributed by atoms with Gasteiger partial charge in [0.05, 0.1) is 17.1 Å². The fourth-order valence-electron chi connectivity index (χ4n) is 3.04. The molecule has 3 rings (SSSR count). The van der Waals surface area contributed by atoms with Gasteiger partial charge in [0.15, 0.2) is 0 Å². The number of nitrogens with one attached hydrogen (secondary N) is 1. The minimum absolute atomic E-state index is 0.219. The highest BCUT2D eigenvalue weighted by Gasteiger charge is 2.33. The van der Waals surface area contributed by atoms with E-state index >= 15 is 0 Å². The summed E-state index contributed by atoms with van der Waals surface area (Å²) in [6.07, 6.45) is -4.37. The standard InChI is InChI=1S/C19H17BrF3N3/c1-10-14(5-4-6-16(10)19(21,22)23)11(2)24-18-15-9-13(20)7-8-17(15)25-12(3)26-18/h4-9,11H,1-3H3,(H,24,25,26). The average Bonchev–Trinajstić information content (AvgIpc) is 2.54. The van der Waals surface area contributed by atoms with Crippen LogP contribution in [0.2, 0.25) is 0 Å². The smallest absolute Gasteiger partial charge is 0.363 e. The van der Waals surface area contributed by atoms with Gasteiger partial charge in [-0.15, -0.1) is 0 Å². The first-order valence-corrected chi connectivity index (χ1v) is 8.83. The molecule has 136 valence electrons. The second kappa shape index (κ2) is 6.87. The third kappa shape index (κ3) is 3.67. The van der Waals surface area contributed by atoms with E-state index in [-0.39, 0.29) is 11.6 Å². The van der Waals surface area contributed by atoms with Crippen molar-refractivity contribution in [2.75, 3.05) is 5.32 Å². The van der Waals surface area contributed by atoms with Crippen molar-refractivity contribution in [3.05, 3.63) is 63.4 Å². The maximum Gasteiger partial charge on any atom is 0.416 e. The van der Waals surface area contributed by atoms with E-state index in [0.717, 1.165) is 21.4 Å². The highest BCUT2D eigenvalue weighted by Crippen LogP contribution is 2.35. The first kappa shape index (κ1) is 18.6. The molecule has 1 unspecified atom stereocenters. The van der Waals surface area contributed by atoms with Crippen LogP contribution < -0.4 is 5.32 Å². The average molecular weight is 424 g/mol. The Morgan fingerprint density at radius 2 is 1.81 bits per heavy atom. The quantitative estimate of drug-likeness (QED) is 0.544. The SMILES string of the molecule is Cc1nc(NC(C)c2cccc(C(F)(F)F)c2C)c2cc(Br)ccc2n1. The van der Waals surface area contributed by atoms with Crippen molar-refractivity contribution in [1.29, 1.82) is 0 Å². The van der Waals surface area contributed by atoms with E-state index in [0.29, 0.717) is 17.2 Å². The summed E-state index contributed by atoms with van der Waals surface area (Å²) in [6, 6.07) is 9.54. The summed E-state index contributed by atoms with van der Waals surface area (Å²) >= 11 is 3.43. The topological polar surface area (TPSA) is 37.8 Å². The number of benzene rings is 2. The predicted octanol–water partition coefficient (Wildman–Crippen LogP) is 6.20. The number of aromatic nitrogens is 2. The van der Waals surface area contributed by atoms with E-state index in [1.165, 1.54) is 13.0 Å². The lowest BCUT2D eigenvalue weighted by molar-refractivity contribution is -0.138. The molecule has 0 aliphatic rings. The lowest BCUT2D eigenvalue weighted by atomic mass is 9.97. The Labute approximate surface area is 157 Å². The fraction of sp³-hybridized carbons (Fsp3) is 0.263. The molecule has 0 aliphatic heterocycles. The number of nitrogens with zero attached hydrogens (tertiary/aromatic N) is 2. The molecule has 0 radical (unpaired) electrons. The van der Waals surface area contributed by atoms with Gasteiger partial charge in [-0.25, -0.2) is 9.97 Å². The van der Waals surface area contributed by atoms with E-state index < -0.39 is 11.7 Å². The molecule has 0 amide bonds. The molecule has 0 fully saturated rings. The fourth-order valence-corrected chi connectivity index (χ4v) is 3.40. The molecular formula is C19H17BrF3N3. The highest BCUT2D eigenvalue weighted by molar-refractivity contribution is 9.10. The van der Waals surface area contributed by atoms with Crippen LogP contribution in [0.5, 0.6) is 0 Å². The van der Waals surface area contributed by atoms with Gasteiger partial charge in [-0.1, -0.05) is 28.1 Å². The number of hydrogen-bond donors (Lipinski definition) is 1. The summed E-state index contributed by atoms with van der Waals surface area (Å²) < 4.78 is 40.4. The largest absolute Gasteiger partial charge is 0.416 e. The Balaban J connectivity index is 2.03. The maximum absolute atomic E-state index is 13.2. The molecule has 0 spiro atoms. The Morgan fingerprint density at radius 3 is 2.50 bits per heavy atom. The molecule has 2 aromatic carbocycles. The van der Waals surface area contributed by atoms with Gasteiger partial charge in [0.1, 0.15) is 11.6 Å². The van der Waals surface area contributed by atoms with Gasteiger partial charge in [-0.05, 0) is 56.2 Å². The number of anilines is 1. The van der Waals surface area contributed by atoms with Gasteiger partial charge >= 0.3 is 6.18 Å². The molecular weight excluding hydrogens is 407 g/mol. The Bertz CT molecular complexity index is 970. The van der Waals surface area contributed by atoms with E-state index in [4.69, 9.17) is 0 Å². The van der Waals surface area contributed by atoms with Crippen LogP contribution in [0.4, 0.5) is 19.0 Å². The van der Waals surface area contributed by atoms with Crippen LogP contribution >= 0.6 is 15.9 Å². The molecule has 7 heteroatoms. The molecule has 0 bridgehead atoms. The Kier molecular flexibility index (Phi) is 4.92. The minimum atomic E-state index is -4.37. The van der Waals surface area contributed by atoms with Crippen molar-refractivity contribution < 1.29 is 13.2 Å². The summed E-state index contributed by atoms with van der Waals surface area (Å²) in [5, 5.41) is 4.06. The van der Waals surface area contributed by atoms with Gasteiger partial charge in [-0.3, -0.25) is 0 Å². The molecule has 1 heterocycles.